The first-order valence-electron chi connectivity index (χ1n) is 7.74. The number of hydrogen-bond acceptors (Lipinski definition) is 3. The van der Waals surface area contributed by atoms with Crippen LogP contribution in [0.5, 0.6) is 0 Å². The molecule has 3 unspecified atom stereocenters. The molecule has 0 radical (unpaired) electrons. The van der Waals surface area contributed by atoms with Gasteiger partial charge in [0.1, 0.15) is 0 Å². The predicted octanol–water partition coefficient (Wildman–Crippen LogP) is 2.43. The Bertz CT molecular complexity index is 235. The van der Waals surface area contributed by atoms with Crippen molar-refractivity contribution in [2.75, 3.05) is 26.8 Å². The van der Waals surface area contributed by atoms with Crippen LogP contribution in [0.2, 0.25) is 0 Å². The Morgan fingerprint density at radius 2 is 1.94 bits per heavy atom. The quantitative estimate of drug-likeness (QED) is 0.740. The van der Waals surface area contributed by atoms with Crippen LogP contribution in [0, 0.1) is 5.92 Å². The number of nitrogens with zero attached hydrogens (tertiary/aromatic N) is 1. The van der Waals surface area contributed by atoms with E-state index in [4.69, 9.17) is 4.74 Å². The number of methoxy groups -OCH3 is 1. The van der Waals surface area contributed by atoms with Crippen molar-refractivity contribution in [3.63, 3.8) is 0 Å². The van der Waals surface area contributed by atoms with E-state index in [1.165, 1.54) is 51.6 Å². The number of rotatable bonds is 6. The predicted molar refractivity (Wildman–Crippen MR) is 73.7 cm³/mol. The zero-order valence-electron chi connectivity index (χ0n) is 11.8. The van der Waals surface area contributed by atoms with Crippen LogP contribution in [0.3, 0.4) is 0 Å². The summed E-state index contributed by atoms with van der Waals surface area (Å²) in [4.78, 5) is 2.63. The lowest BCUT2D eigenvalue weighted by Gasteiger charge is -2.37. The van der Waals surface area contributed by atoms with Crippen LogP contribution in [-0.4, -0.2) is 49.0 Å². The molecule has 1 aliphatic heterocycles. The summed E-state index contributed by atoms with van der Waals surface area (Å²) < 4.78 is 5.11. The molecule has 3 atom stereocenters. The number of likely N-dealkylation sites (tertiary alicyclic amines) is 1. The summed E-state index contributed by atoms with van der Waals surface area (Å²) in [6.45, 7) is 3.31. The van der Waals surface area contributed by atoms with Crippen molar-refractivity contribution in [1.82, 2.24) is 4.90 Å². The Morgan fingerprint density at radius 3 is 2.72 bits per heavy atom. The molecule has 0 spiro atoms. The molecule has 18 heavy (non-hydrogen) atoms. The molecule has 0 amide bonds. The molecule has 3 nitrogen and oxygen atoms in total. The second-order valence-corrected chi connectivity index (χ2v) is 5.96. The fraction of sp³-hybridized carbons (Fsp3) is 1.00. The van der Waals surface area contributed by atoms with E-state index in [1.807, 2.05) is 0 Å². The van der Waals surface area contributed by atoms with Crippen molar-refractivity contribution in [2.45, 2.75) is 63.5 Å². The second kappa shape index (κ2) is 7.46. The molecule has 3 heteroatoms. The van der Waals surface area contributed by atoms with Crippen LogP contribution in [0.1, 0.15) is 51.4 Å². The Labute approximate surface area is 112 Å². The van der Waals surface area contributed by atoms with Gasteiger partial charge >= 0.3 is 0 Å². The monoisotopic (exact) mass is 255 g/mol. The molecule has 1 heterocycles. The Balaban J connectivity index is 1.78. The van der Waals surface area contributed by atoms with Gasteiger partial charge in [0.05, 0.1) is 6.10 Å². The molecule has 0 bridgehead atoms. The summed E-state index contributed by atoms with van der Waals surface area (Å²) >= 11 is 0. The number of aliphatic hydroxyl groups excluding tert-OH is 1. The lowest BCUT2D eigenvalue weighted by molar-refractivity contribution is 0.0214. The van der Waals surface area contributed by atoms with Gasteiger partial charge in [-0.3, -0.25) is 0 Å². The first-order chi connectivity index (χ1) is 8.83. The van der Waals surface area contributed by atoms with Crippen molar-refractivity contribution in [3.8, 4) is 0 Å². The van der Waals surface area contributed by atoms with Gasteiger partial charge in [0.25, 0.3) is 0 Å². The van der Waals surface area contributed by atoms with Crippen LogP contribution < -0.4 is 0 Å². The fourth-order valence-electron chi connectivity index (χ4n) is 3.76. The van der Waals surface area contributed by atoms with E-state index in [0.29, 0.717) is 12.0 Å². The first kappa shape index (κ1) is 14.3. The zero-order chi connectivity index (χ0) is 12.8. The van der Waals surface area contributed by atoms with Gasteiger partial charge in [0.15, 0.2) is 0 Å². The molecule has 106 valence electrons. The number of hydrogen-bond donors (Lipinski definition) is 1. The minimum absolute atomic E-state index is 0.0386. The van der Waals surface area contributed by atoms with Crippen LogP contribution in [0.25, 0.3) is 0 Å². The molecular formula is C15H29NO2. The second-order valence-electron chi connectivity index (χ2n) is 5.96. The van der Waals surface area contributed by atoms with Gasteiger partial charge in [-0.2, -0.15) is 0 Å². The van der Waals surface area contributed by atoms with Gasteiger partial charge in [-0.15, -0.1) is 0 Å². The third-order valence-corrected chi connectivity index (χ3v) is 4.73. The number of aliphatic hydroxyl groups is 1. The molecule has 1 saturated carbocycles. The van der Waals surface area contributed by atoms with Gasteiger partial charge in [0, 0.05) is 25.7 Å². The highest BCUT2D eigenvalue weighted by Crippen LogP contribution is 2.34. The van der Waals surface area contributed by atoms with Crippen LogP contribution in [0.4, 0.5) is 0 Å². The minimum Gasteiger partial charge on any atom is -0.393 e. The number of ether oxygens (including phenoxy) is 1. The average molecular weight is 255 g/mol. The first-order valence-corrected chi connectivity index (χ1v) is 7.74. The van der Waals surface area contributed by atoms with Gasteiger partial charge in [-0.25, -0.2) is 0 Å². The Hall–Kier alpha value is -0.120. The normalized spacial score (nSPS) is 34.0. The molecular weight excluding hydrogens is 226 g/mol. The van der Waals surface area contributed by atoms with E-state index in [9.17, 15) is 5.11 Å². The van der Waals surface area contributed by atoms with Crippen LogP contribution in [0.15, 0.2) is 0 Å². The lowest BCUT2D eigenvalue weighted by Crippen LogP contribution is -2.42. The Morgan fingerprint density at radius 1 is 1.11 bits per heavy atom. The van der Waals surface area contributed by atoms with E-state index in [0.717, 1.165) is 19.4 Å². The summed E-state index contributed by atoms with van der Waals surface area (Å²) in [5.74, 6) is 0.545. The smallest absolute Gasteiger partial charge is 0.0583 e. The van der Waals surface area contributed by atoms with E-state index >= 15 is 0 Å². The standard InChI is InChI=1S/C15H29NO2/c1-18-12-5-4-10-16-11-6-8-14(16)13-7-2-3-9-15(13)17/h13-15,17H,2-12H2,1H3. The third-order valence-electron chi connectivity index (χ3n) is 4.73. The van der Waals surface area contributed by atoms with E-state index in [1.54, 1.807) is 7.11 Å². The van der Waals surface area contributed by atoms with Gasteiger partial charge in [-0.05, 0) is 51.6 Å². The Kier molecular flexibility index (Phi) is 5.93. The summed E-state index contributed by atoms with van der Waals surface area (Å²) in [5.41, 5.74) is 0. The fourth-order valence-corrected chi connectivity index (χ4v) is 3.76. The molecule has 0 aromatic carbocycles. The summed E-state index contributed by atoms with van der Waals surface area (Å²) in [6, 6.07) is 0.655. The van der Waals surface area contributed by atoms with Crippen LogP contribution in [-0.2, 0) is 4.74 Å². The molecule has 0 aromatic rings. The highest BCUT2D eigenvalue weighted by Gasteiger charge is 2.36. The summed E-state index contributed by atoms with van der Waals surface area (Å²) in [7, 11) is 1.77. The van der Waals surface area contributed by atoms with Gasteiger partial charge in [0.2, 0.25) is 0 Å². The molecule has 1 N–H and O–H groups in total. The molecule has 1 aliphatic carbocycles. The molecule has 1 saturated heterocycles. The SMILES string of the molecule is COCCCCN1CCCC1C1CCCCC1O. The maximum atomic E-state index is 10.2. The summed E-state index contributed by atoms with van der Waals surface area (Å²) in [6.07, 6.45) is 9.76. The largest absolute Gasteiger partial charge is 0.393 e. The van der Waals surface area contributed by atoms with Crippen molar-refractivity contribution < 1.29 is 9.84 Å². The minimum atomic E-state index is -0.0386. The van der Waals surface area contributed by atoms with Crippen molar-refractivity contribution >= 4 is 0 Å². The third kappa shape index (κ3) is 3.69. The highest BCUT2D eigenvalue weighted by molar-refractivity contribution is 4.90. The van der Waals surface area contributed by atoms with Gasteiger partial charge < -0.3 is 14.7 Å². The van der Waals surface area contributed by atoms with E-state index < -0.39 is 0 Å². The lowest BCUT2D eigenvalue weighted by atomic mass is 9.80. The van der Waals surface area contributed by atoms with Crippen molar-refractivity contribution in [1.29, 1.82) is 0 Å². The zero-order valence-corrected chi connectivity index (χ0v) is 11.8. The molecule has 2 aliphatic rings. The number of unbranched alkanes of at least 4 members (excludes halogenated alkanes) is 1. The maximum Gasteiger partial charge on any atom is 0.0583 e. The average Bonchev–Trinajstić information content (AvgIpc) is 2.83. The van der Waals surface area contributed by atoms with Crippen molar-refractivity contribution in [3.05, 3.63) is 0 Å². The maximum absolute atomic E-state index is 10.2. The van der Waals surface area contributed by atoms with E-state index in [2.05, 4.69) is 4.90 Å². The molecule has 2 rings (SSSR count). The molecule has 2 fully saturated rings. The summed E-state index contributed by atoms with van der Waals surface area (Å²) in [5, 5.41) is 10.2. The van der Waals surface area contributed by atoms with E-state index in [-0.39, 0.29) is 6.10 Å². The molecule has 0 aromatic heterocycles. The highest BCUT2D eigenvalue weighted by atomic mass is 16.5. The van der Waals surface area contributed by atoms with Gasteiger partial charge in [-0.1, -0.05) is 12.8 Å². The van der Waals surface area contributed by atoms with Crippen LogP contribution >= 0.6 is 0 Å². The van der Waals surface area contributed by atoms with Crippen molar-refractivity contribution in [2.24, 2.45) is 5.92 Å². The topological polar surface area (TPSA) is 32.7 Å².